The molecule has 0 saturated carbocycles. The van der Waals surface area contributed by atoms with Gasteiger partial charge in [0.1, 0.15) is 0 Å². The minimum Gasteiger partial charge on any atom is -0.376 e. The Balaban J connectivity index is 1.82. The second-order valence-corrected chi connectivity index (χ2v) is 5.23. The van der Waals surface area contributed by atoms with Crippen LogP contribution in [-0.2, 0) is 4.74 Å². The Morgan fingerprint density at radius 2 is 2.30 bits per heavy atom. The maximum absolute atomic E-state index is 12.7. The Morgan fingerprint density at radius 1 is 1.45 bits per heavy atom. The first kappa shape index (κ1) is 13.2. The number of H-pyrrole nitrogens is 1. The van der Waals surface area contributed by atoms with Gasteiger partial charge in [-0.15, -0.1) is 0 Å². The Morgan fingerprint density at radius 3 is 3.05 bits per heavy atom. The number of hydrogen-bond acceptors (Lipinski definition) is 2. The molecule has 2 heterocycles. The van der Waals surface area contributed by atoms with Gasteiger partial charge >= 0.3 is 0 Å². The van der Waals surface area contributed by atoms with Gasteiger partial charge in [-0.2, -0.15) is 0 Å². The van der Waals surface area contributed by atoms with E-state index in [1.807, 2.05) is 42.3 Å². The average Bonchev–Trinajstić information content (AvgIpc) is 3.13. The van der Waals surface area contributed by atoms with Crippen LogP contribution >= 0.6 is 0 Å². The molecular weight excluding hydrogens is 252 g/mol. The fraction of sp³-hybridized carbons (Fsp3) is 0.438. The zero-order valence-corrected chi connectivity index (χ0v) is 11.8. The number of hydrogen-bond donors (Lipinski definition) is 1. The number of nitrogens with one attached hydrogen (secondary N) is 1. The first-order valence-electron chi connectivity index (χ1n) is 7.26. The van der Waals surface area contributed by atoms with Gasteiger partial charge in [0.25, 0.3) is 5.91 Å². The van der Waals surface area contributed by atoms with Crippen molar-refractivity contribution >= 4 is 16.8 Å². The third-order valence-electron chi connectivity index (χ3n) is 3.94. The molecule has 1 atom stereocenters. The third kappa shape index (κ3) is 2.43. The predicted octanol–water partition coefficient (Wildman–Crippen LogP) is 2.81. The van der Waals surface area contributed by atoms with Crippen LogP contribution in [0.3, 0.4) is 0 Å². The summed E-state index contributed by atoms with van der Waals surface area (Å²) in [5, 5.41) is 0.989. The van der Waals surface area contributed by atoms with E-state index in [0.717, 1.165) is 35.9 Å². The summed E-state index contributed by atoms with van der Waals surface area (Å²) in [6.45, 7) is 4.23. The van der Waals surface area contributed by atoms with Gasteiger partial charge in [-0.3, -0.25) is 4.79 Å². The van der Waals surface area contributed by atoms with Crippen LogP contribution < -0.4 is 0 Å². The Hall–Kier alpha value is -1.81. The van der Waals surface area contributed by atoms with Crippen molar-refractivity contribution in [1.29, 1.82) is 0 Å². The van der Waals surface area contributed by atoms with Crippen LogP contribution in [0.2, 0.25) is 0 Å². The number of amides is 1. The van der Waals surface area contributed by atoms with Crippen molar-refractivity contribution in [2.75, 3.05) is 19.7 Å². The average molecular weight is 272 g/mol. The third-order valence-corrected chi connectivity index (χ3v) is 3.94. The van der Waals surface area contributed by atoms with Gasteiger partial charge < -0.3 is 14.6 Å². The Kier molecular flexibility index (Phi) is 3.74. The topological polar surface area (TPSA) is 45.3 Å². The predicted molar refractivity (Wildman–Crippen MR) is 78.9 cm³/mol. The second-order valence-electron chi connectivity index (χ2n) is 5.23. The van der Waals surface area contributed by atoms with E-state index in [1.165, 1.54) is 0 Å². The minimum atomic E-state index is 0.0838. The highest BCUT2D eigenvalue weighted by Gasteiger charge is 2.23. The molecule has 1 aliphatic heterocycles. The Labute approximate surface area is 118 Å². The molecule has 106 valence electrons. The van der Waals surface area contributed by atoms with Gasteiger partial charge in [-0.25, -0.2) is 0 Å². The summed E-state index contributed by atoms with van der Waals surface area (Å²) in [6, 6.07) is 7.90. The molecule has 3 rings (SSSR count). The number of aromatic nitrogens is 1. The zero-order valence-electron chi connectivity index (χ0n) is 11.8. The Bertz CT molecular complexity index is 599. The number of fused-ring (bicyclic) bond motifs is 1. The lowest BCUT2D eigenvalue weighted by Gasteiger charge is -2.23. The normalized spacial score (nSPS) is 18.6. The highest BCUT2D eigenvalue weighted by molar-refractivity contribution is 6.06. The standard InChI is InChI=1S/C16H20N2O2/c1-2-18(11-12-6-5-9-20-12)16(19)14-10-17-15-8-4-3-7-13(14)15/h3-4,7-8,10,12,17H,2,5-6,9,11H2,1H3. The fourth-order valence-electron chi connectivity index (χ4n) is 2.81. The largest absolute Gasteiger partial charge is 0.376 e. The number of para-hydroxylation sites is 1. The van der Waals surface area contributed by atoms with Crippen molar-refractivity contribution in [2.45, 2.75) is 25.9 Å². The number of likely N-dealkylation sites (N-methyl/N-ethyl adjacent to an activating group) is 1. The number of ether oxygens (including phenoxy) is 1. The summed E-state index contributed by atoms with van der Waals surface area (Å²) in [7, 11) is 0. The number of aromatic amines is 1. The molecule has 4 nitrogen and oxygen atoms in total. The molecule has 1 aromatic heterocycles. The lowest BCUT2D eigenvalue weighted by Crippen LogP contribution is -2.37. The molecule has 1 amide bonds. The number of benzene rings is 1. The van der Waals surface area contributed by atoms with E-state index in [-0.39, 0.29) is 12.0 Å². The summed E-state index contributed by atoms with van der Waals surface area (Å²) in [4.78, 5) is 17.7. The molecule has 2 aromatic rings. The highest BCUT2D eigenvalue weighted by atomic mass is 16.5. The summed E-state index contributed by atoms with van der Waals surface area (Å²) >= 11 is 0. The van der Waals surface area contributed by atoms with Crippen LogP contribution in [0.5, 0.6) is 0 Å². The smallest absolute Gasteiger partial charge is 0.256 e. The van der Waals surface area contributed by atoms with Crippen molar-refractivity contribution in [3.8, 4) is 0 Å². The zero-order chi connectivity index (χ0) is 13.9. The number of carbonyl (C=O) groups is 1. The highest BCUT2D eigenvalue weighted by Crippen LogP contribution is 2.20. The summed E-state index contributed by atoms with van der Waals surface area (Å²) in [5.74, 6) is 0.0838. The molecule has 1 saturated heterocycles. The molecule has 1 unspecified atom stereocenters. The summed E-state index contributed by atoms with van der Waals surface area (Å²) in [5.41, 5.74) is 1.75. The van der Waals surface area contributed by atoms with E-state index in [0.29, 0.717) is 13.1 Å². The van der Waals surface area contributed by atoms with Crippen molar-refractivity contribution in [3.63, 3.8) is 0 Å². The van der Waals surface area contributed by atoms with E-state index < -0.39 is 0 Å². The van der Waals surface area contributed by atoms with Gasteiger partial charge in [0.05, 0.1) is 11.7 Å². The van der Waals surface area contributed by atoms with Crippen molar-refractivity contribution in [2.24, 2.45) is 0 Å². The number of nitrogens with zero attached hydrogens (tertiary/aromatic N) is 1. The van der Waals surface area contributed by atoms with Crippen LogP contribution in [0.1, 0.15) is 30.1 Å². The molecule has 0 radical (unpaired) electrons. The molecule has 0 spiro atoms. The summed E-state index contributed by atoms with van der Waals surface area (Å²) < 4.78 is 5.64. The van der Waals surface area contributed by atoms with E-state index in [4.69, 9.17) is 4.74 Å². The number of carbonyl (C=O) groups excluding carboxylic acids is 1. The van der Waals surface area contributed by atoms with E-state index >= 15 is 0 Å². The van der Waals surface area contributed by atoms with Gasteiger partial charge in [0.15, 0.2) is 0 Å². The first-order valence-corrected chi connectivity index (χ1v) is 7.26. The van der Waals surface area contributed by atoms with Crippen LogP contribution in [0.25, 0.3) is 10.9 Å². The number of rotatable bonds is 4. The second kappa shape index (κ2) is 5.67. The lowest BCUT2D eigenvalue weighted by molar-refractivity contribution is 0.0540. The summed E-state index contributed by atoms with van der Waals surface area (Å²) in [6.07, 6.45) is 4.16. The maximum Gasteiger partial charge on any atom is 0.256 e. The quantitative estimate of drug-likeness (QED) is 0.930. The molecule has 1 aromatic carbocycles. The van der Waals surface area contributed by atoms with Crippen LogP contribution in [-0.4, -0.2) is 41.6 Å². The first-order chi connectivity index (χ1) is 9.79. The van der Waals surface area contributed by atoms with Gasteiger partial charge in [0.2, 0.25) is 0 Å². The van der Waals surface area contributed by atoms with Crippen molar-refractivity contribution < 1.29 is 9.53 Å². The molecule has 20 heavy (non-hydrogen) atoms. The van der Waals surface area contributed by atoms with E-state index in [9.17, 15) is 4.79 Å². The fourth-order valence-corrected chi connectivity index (χ4v) is 2.81. The molecule has 1 N–H and O–H groups in total. The van der Waals surface area contributed by atoms with Crippen molar-refractivity contribution in [3.05, 3.63) is 36.0 Å². The van der Waals surface area contributed by atoms with Gasteiger partial charge in [0, 0.05) is 36.8 Å². The molecular formula is C16H20N2O2. The van der Waals surface area contributed by atoms with Crippen molar-refractivity contribution in [1.82, 2.24) is 9.88 Å². The minimum absolute atomic E-state index is 0.0838. The van der Waals surface area contributed by atoms with Crippen LogP contribution in [0.4, 0.5) is 0 Å². The molecule has 1 fully saturated rings. The van der Waals surface area contributed by atoms with Gasteiger partial charge in [-0.05, 0) is 25.8 Å². The van der Waals surface area contributed by atoms with E-state index in [1.54, 1.807) is 0 Å². The van der Waals surface area contributed by atoms with Crippen LogP contribution in [0.15, 0.2) is 30.5 Å². The van der Waals surface area contributed by atoms with Gasteiger partial charge in [-0.1, -0.05) is 18.2 Å². The molecule has 1 aliphatic rings. The monoisotopic (exact) mass is 272 g/mol. The van der Waals surface area contributed by atoms with E-state index in [2.05, 4.69) is 4.98 Å². The maximum atomic E-state index is 12.7. The lowest BCUT2D eigenvalue weighted by atomic mass is 10.1. The molecule has 0 bridgehead atoms. The van der Waals surface area contributed by atoms with Crippen LogP contribution in [0, 0.1) is 0 Å². The molecule has 0 aliphatic carbocycles. The molecule has 4 heteroatoms. The SMILES string of the molecule is CCN(CC1CCCO1)C(=O)c1c[nH]c2ccccc12.